The van der Waals surface area contributed by atoms with Crippen molar-refractivity contribution in [2.45, 2.75) is 51.1 Å². The van der Waals surface area contributed by atoms with Gasteiger partial charge in [-0.1, -0.05) is 30.3 Å². The van der Waals surface area contributed by atoms with Gasteiger partial charge in [-0.2, -0.15) is 0 Å². The summed E-state index contributed by atoms with van der Waals surface area (Å²) in [7, 11) is 0. The van der Waals surface area contributed by atoms with Crippen LogP contribution in [0.25, 0.3) is 0 Å². The summed E-state index contributed by atoms with van der Waals surface area (Å²) in [5, 5.41) is 3.74. The van der Waals surface area contributed by atoms with Crippen LogP contribution in [0.15, 0.2) is 48.8 Å². The molecular formula is C23H34N4. The van der Waals surface area contributed by atoms with Gasteiger partial charge >= 0.3 is 0 Å². The number of hydrogen-bond acceptors (Lipinski definition) is 4. The first-order chi connectivity index (χ1) is 13.3. The zero-order valence-electron chi connectivity index (χ0n) is 16.4. The molecule has 1 unspecified atom stereocenters. The number of pyridine rings is 1. The van der Waals surface area contributed by atoms with E-state index in [1.54, 1.807) is 0 Å². The van der Waals surface area contributed by atoms with Crippen LogP contribution in [0.5, 0.6) is 0 Å². The summed E-state index contributed by atoms with van der Waals surface area (Å²) in [6.45, 7) is 5.25. The van der Waals surface area contributed by atoms with Gasteiger partial charge in [0.1, 0.15) is 0 Å². The van der Waals surface area contributed by atoms with E-state index in [4.69, 9.17) is 5.73 Å². The smallest absolute Gasteiger partial charge is 0.0299 e. The van der Waals surface area contributed by atoms with Crippen molar-refractivity contribution >= 4 is 0 Å². The summed E-state index contributed by atoms with van der Waals surface area (Å²) < 4.78 is 0. The molecule has 27 heavy (non-hydrogen) atoms. The Kier molecular flexibility index (Phi) is 8.28. The van der Waals surface area contributed by atoms with Gasteiger partial charge in [-0.05, 0) is 80.9 Å². The van der Waals surface area contributed by atoms with Gasteiger partial charge in [0.05, 0.1) is 0 Å². The van der Waals surface area contributed by atoms with Gasteiger partial charge in [0, 0.05) is 31.5 Å². The third kappa shape index (κ3) is 6.73. The molecule has 1 aromatic carbocycles. The minimum Gasteiger partial charge on any atom is -0.330 e. The molecule has 1 aliphatic heterocycles. The van der Waals surface area contributed by atoms with Gasteiger partial charge in [0.25, 0.3) is 0 Å². The Bertz CT molecular complexity index is 658. The molecule has 0 spiro atoms. The molecule has 1 atom stereocenters. The van der Waals surface area contributed by atoms with Gasteiger partial charge in [-0.25, -0.2) is 0 Å². The predicted octanol–water partition coefficient (Wildman–Crippen LogP) is 3.16. The number of nitrogens with one attached hydrogen (secondary N) is 1. The molecule has 4 nitrogen and oxygen atoms in total. The number of aryl methyl sites for hydroxylation is 1. The van der Waals surface area contributed by atoms with Gasteiger partial charge < -0.3 is 16.0 Å². The van der Waals surface area contributed by atoms with E-state index in [2.05, 4.69) is 45.5 Å². The monoisotopic (exact) mass is 366 g/mol. The summed E-state index contributed by atoms with van der Waals surface area (Å²) in [4.78, 5) is 6.86. The van der Waals surface area contributed by atoms with Crippen LogP contribution in [0.4, 0.5) is 0 Å². The minimum absolute atomic E-state index is 0.552. The lowest BCUT2D eigenvalue weighted by Gasteiger charge is -2.32. The van der Waals surface area contributed by atoms with E-state index >= 15 is 0 Å². The first-order valence-electron chi connectivity index (χ1n) is 10.5. The standard InChI is InChI=1S/C23H34N4/c24-12-4-6-15-27(14-5-3-8-20-9-7-13-25-17-20)19-23-16-21-10-1-2-11-22(21)18-26-23/h1-2,7,9-11,13,17,23,26H,3-6,8,12,14-16,18-19,24H2. The lowest BCUT2D eigenvalue weighted by molar-refractivity contribution is 0.228. The number of unbranched alkanes of at least 4 members (excludes halogenated alkanes) is 2. The van der Waals surface area contributed by atoms with E-state index in [1.165, 1.54) is 42.5 Å². The molecule has 146 valence electrons. The topological polar surface area (TPSA) is 54.2 Å². The zero-order valence-corrected chi connectivity index (χ0v) is 16.4. The van der Waals surface area contributed by atoms with Crippen molar-refractivity contribution in [3.05, 3.63) is 65.5 Å². The SMILES string of the molecule is NCCCCN(CCCCc1cccnc1)CC1Cc2ccccc2CN1. The number of nitrogens with zero attached hydrogens (tertiary/aromatic N) is 2. The van der Waals surface area contributed by atoms with Crippen molar-refractivity contribution < 1.29 is 0 Å². The molecule has 1 aliphatic rings. The van der Waals surface area contributed by atoms with Crippen LogP contribution >= 0.6 is 0 Å². The molecule has 3 N–H and O–H groups in total. The molecule has 0 amide bonds. The highest BCUT2D eigenvalue weighted by atomic mass is 15.1. The Morgan fingerprint density at radius 2 is 1.81 bits per heavy atom. The second-order valence-electron chi connectivity index (χ2n) is 7.67. The second-order valence-corrected chi connectivity index (χ2v) is 7.67. The molecule has 0 aliphatic carbocycles. The van der Waals surface area contributed by atoms with Crippen LogP contribution in [-0.4, -0.2) is 42.1 Å². The van der Waals surface area contributed by atoms with Crippen LogP contribution in [0.1, 0.15) is 42.4 Å². The minimum atomic E-state index is 0.552. The summed E-state index contributed by atoms with van der Waals surface area (Å²) in [6.07, 6.45) is 10.9. The Morgan fingerprint density at radius 1 is 1.00 bits per heavy atom. The van der Waals surface area contributed by atoms with Gasteiger partial charge in [0.15, 0.2) is 0 Å². The highest BCUT2D eigenvalue weighted by molar-refractivity contribution is 5.29. The van der Waals surface area contributed by atoms with Crippen LogP contribution in [0.2, 0.25) is 0 Å². The van der Waals surface area contributed by atoms with E-state index < -0.39 is 0 Å². The van der Waals surface area contributed by atoms with E-state index in [9.17, 15) is 0 Å². The third-order valence-corrected chi connectivity index (χ3v) is 5.49. The number of nitrogens with two attached hydrogens (primary N) is 1. The van der Waals surface area contributed by atoms with Crippen molar-refractivity contribution in [3.63, 3.8) is 0 Å². The Labute approximate surface area is 164 Å². The average Bonchev–Trinajstić information content (AvgIpc) is 2.72. The number of rotatable bonds is 11. The number of fused-ring (bicyclic) bond motifs is 1. The maximum Gasteiger partial charge on any atom is 0.0299 e. The van der Waals surface area contributed by atoms with Crippen LogP contribution in [0.3, 0.4) is 0 Å². The molecule has 0 radical (unpaired) electrons. The van der Waals surface area contributed by atoms with Gasteiger partial charge in [0.2, 0.25) is 0 Å². The fraction of sp³-hybridized carbons (Fsp3) is 0.522. The first kappa shape index (κ1) is 20.0. The fourth-order valence-corrected chi connectivity index (χ4v) is 3.95. The Hall–Kier alpha value is -1.75. The highest BCUT2D eigenvalue weighted by Gasteiger charge is 2.19. The van der Waals surface area contributed by atoms with E-state index in [-0.39, 0.29) is 0 Å². The van der Waals surface area contributed by atoms with Crippen molar-refractivity contribution in [1.29, 1.82) is 0 Å². The average molecular weight is 367 g/mol. The molecule has 2 heterocycles. The predicted molar refractivity (Wildman–Crippen MR) is 113 cm³/mol. The van der Waals surface area contributed by atoms with E-state index in [0.717, 1.165) is 45.4 Å². The molecule has 0 bridgehead atoms. The van der Waals surface area contributed by atoms with Crippen molar-refractivity contribution in [2.75, 3.05) is 26.2 Å². The maximum atomic E-state index is 5.70. The summed E-state index contributed by atoms with van der Waals surface area (Å²) >= 11 is 0. The molecule has 1 aromatic heterocycles. The summed E-state index contributed by atoms with van der Waals surface area (Å²) in [5.74, 6) is 0. The van der Waals surface area contributed by atoms with Crippen molar-refractivity contribution in [3.8, 4) is 0 Å². The Balaban J connectivity index is 1.46. The molecule has 0 fully saturated rings. The number of aromatic nitrogens is 1. The molecule has 2 aromatic rings. The molecule has 0 saturated carbocycles. The van der Waals surface area contributed by atoms with Crippen LogP contribution in [-0.2, 0) is 19.4 Å². The first-order valence-corrected chi connectivity index (χ1v) is 10.5. The van der Waals surface area contributed by atoms with Crippen LogP contribution < -0.4 is 11.1 Å². The largest absolute Gasteiger partial charge is 0.330 e. The normalized spacial score (nSPS) is 16.4. The molecular weight excluding hydrogens is 332 g/mol. The number of benzene rings is 1. The van der Waals surface area contributed by atoms with Gasteiger partial charge in [-0.3, -0.25) is 4.98 Å². The quantitative estimate of drug-likeness (QED) is 0.600. The van der Waals surface area contributed by atoms with E-state index in [1.807, 2.05) is 18.5 Å². The maximum absolute atomic E-state index is 5.70. The lowest BCUT2D eigenvalue weighted by Crippen LogP contribution is -2.45. The van der Waals surface area contributed by atoms with E-state index in [0.29, 0.717) is 6.04 Å². The van der Waals surface area contributed by atoms with Crippen molar-refractivity contribution in [1.82, 2.24) is 15.2 Å². The summed E-state index contributed by atoms with van der Waals surface area (Å²) in [6, 6.07) is 13.6. The lowest BCUT2D eigenvalue weighted by atomic mass is 9.95. The van der Waals surface area contributed by atoms with Crippen LogP contribution in [0, 0.1) is 0 Å². The molecule has 4 heteroatoms. The zero-order chi connectivity index (χ0) is 18.7. The fourth-order valence-electron chi connectivity index (χ4n) is 3.95. The highest BCUT2D eigenvalue weighted by Crippen LogP contribution is 2.17. The molecule has 0 saturated heterocycles. The Morgan fingerprint density at radius 3 is 2.59 bits per heavy atom. The number of hydrogen-bond donors (Lipinski definition) is 2. The van der Waals surface area contributed by atoms with Crippen molar-refractivity contribution in [2.24, 2.45) is 5.73 Å². The second kappa shape index (κ2) is 11.2. The third-order valence-electron chi connectivity index (χ3n) is 5.49. The van der Waals surface area contributed by atoms with Gasteiger partial charge in [-0.15, -0.1) is 0 Å². The summed E-state index contributed by atoms with van der Waals surface area (Å²) in [5.41, 5.74) is 10.0. The molecule has 3 rings (SSSR count).